The van der Waals surface area contributed by atoms with Crippen molar-refractivity contribution in [3.63, 3.8) is 0 Å². The smallest absolute Gasteiger partial charge is 0.251 e. The zero-order valence-electron chi connectivity index (χ0n) is 12.9. The Morgan fingerprint density at radius 1 is 1.00 bits per heavy atom. The fourth-order valence-electron chi connectivity index (χ4n) is 2.26. The third kappa shape index (κ3) is 3.29. The highest BCUT2D eigenvalue weighted by Crippen LogP contribution is 2.24. The van der Waals surface area contributed by atoms with E-state index in [1.807, 2.05) is 42.2 Å². The van der Waals surface area contributed by atoms with Gasteiger partial charge >= 0.3 is 0 Å². The van der Waals surface area contributed by atoms with Crippen molar-refractivity contribution in [2.45, 2.75) is 6.92 Å². The van der Waals surface area contributed by atoms with Crippen LogP contribution in [0.5, 0.6) is 0 Å². The Balaban J connectivity index is 1.92. The lowest BCUT2D eigenvalue weighted by Gasteiger charge is -2.20. The number of rotatable bonds is 5. The second-order valence-corrected chi connectivity index (χ2v) is 4.94. The highest BCUT2D eigenvalue weighted by molar-refractivity contribution is 5.61. The van der Waals surface area contributed by atoms with Crippen LogP contribution in [0.2, 0.25) is 0 Å². The number of nitrogens with zero attached hydrogens (tertiary/aromatic N) is 4. The number of aromatic nitrogens is 3. The average Bonchev–Trinajstić information content (AvgIpc) is 2.60. The van der Waals surface area contributed by atoms with E-state index in [4.69, 9.17) is 0 Å². The summed E-state index contributed by atoms with van der Waals surface area (Å²) < 4.78 is 27.5. The molecular formula is C17H15F2N5. The minimum atomic E-state index is -0.703. The molecule has 0 unspecified atom stereocenters. The topological polar surface area (TPSA) is 53.9 Å². The van der Waals surface area contributed by atoms with Crippen molar-refractivity contribution in [1.29, 1.82) is 0 Å². The van der Waals surface area contributed by atoms with Gasteiger partial charge in [-0.3, -0.25) is 0 Å². The summed E-state index contributed by atoms with van der Waals surface area (Å²) in [7, 11) is 0. The second-order valence-electron chi connectivity index (χ2n) is 4.94. The van der Waals surface area contributed by atoms with E-state index in [0.717, 1.165) is 5.69 Å². The first-order valence-electron chi connectivity index (χ1n) is 7.42. The van der Waals surface area contributed by atoms with Crippen molar-refractivity contribution < 1.29 is 8.78 Å². The van der Waals surface area contributed by atoms with Gasteiger partial charge in [-0.25, -0.2) is 8.78 Å². The van der Waals surface area contributed by atoms with Gasteiger partial charge in [-0.05, 0) is 31.2 Å². The van der Waals surface area contributed by atoms with Gasteiger partial charge in [0.25, 0.3) is 5.95 Å². The van der Waals surface area contributed by atoms with Crippen LogP contribution in [0.1, 0.15) is 6.92 Å². The van der Waals surface area contributed by atoms with Crippen LogP contribution < -0.4 is 10.2 Å². The summed E-state index contributed by atoms with van der Waals surface area (Å²) in [6.45, 7) is 2.57. The van der Waals surface area contributed by atoms with E-state index in [1.165, 1.54) is 24.4 Å². The molecule has 0 radical (unpaired) electrons. The Morgan fingerprint density at radius 3 is 2.38 bits per heavy atom. The minimum absolute atomic E-state index is 0.207. The van der Waals surface area contributed by atoms with E-state index < -0.39 is 11.6 Å². The van der Waals surface area contributed by atoms with Crippen molar-refractivity contribution >= 4 is 23.1 Å². The summed E-state index contributed by atoms with van der Waals surface area (Å²) in [6, 6.07) is 13.2. The molecule has 0 saturated heterocycles. The Kier molecular flexibility index (Phi) is 4.60. The minimum Gasteiger partial charge on any atom is -0.334 e. The summed E-state index contributed by atoms with van der Waals surface area (Å²) in [6.07, 6.45) is 1.31. The maximum Gasteiger partial charge on any atom is 0.251 e. The van der Waals surface area contributed by atoms with E-state index in [1.54, 1.807) is 0 Å². The van der Waals surface area contributed by atoms with Crippen LogP contribution in [0.3, 0.4) is 0 Å². The number of para-hydroxylation sites is 2. The number of benzene rings is 2. The standard InChI is InChI=1S/C17H15F2N5/c1-2-24(12-7-4-3-5-8-12)17-22-15(11-20-23-17)21-16-13(18)9-6-10-14(16)19/h3-11H,2H2,1H3,(H,21,22,23). The van der Waals surface area contributed by atoms with Gasteiger partial charge in [0.2, 0.25) is 0 Å². The lowest BCUT2D eigenvalue weighted by molar-refractivity contribution is 0.590. The number of anilines is 4. The molecule has 2 aromatic carbocycles. The molecule has 3 rings (SSSR count). The number of hydrogen-bond acceptors (Lipinski definition) is 5. The second kappa shape index (κ2) is 6.99. The quantitative estimate of drug-likeness (QED) is 0.766. The summed E-state index contributed by atoms with van der Waals surface area (Å²) in [4.78, 5) is 6.15. The first kappa shape index (κ1) is 15.8. The van der Waals surface area contributed by atoms with E-state index in [9.17, 15) is 8.78 Å². The Morgan fingerprint density at radius 2 is 1.71 bits per heavy atom. The van der Waals surface area contributed by atoms with Crippen molar-refractivity contribution in [2.24, 2.45) is 0 Å². The van der Waals surface area contributed by atoms with Gasteiger partial charge < -0.3 is 10.2 Å². The lowest BCUT2D eigenvalue weighted by Crippen LogP contribution is -2.19. The van der Waals surface area contributed by atoms with Crippen LogP contribution in [0.25, 0.3) is 0 Å². The van der Waals surface area contributed by atoms with Gasteiger partial charge in [-0.15, -0.1) is 5.10 Å². The molecule has 24 heavy (non-hydrogen) atoms. The fourth-order valence-corrected chi connectivity index (χ4v) is 2.26. The molecule has 0 aliphatic rings. The van der Waals surface area contributed by atoms with Crippen molar-refractivity contribution in [3.05, 3.63) is 66.4 Å². The lowest BCUT2D eigenvalue weighted by atomic mass is 10.3. The maximum atomic E-state index is 13.7. The van der Waals surface area contributed by atoms with Gasteiger partial charge in [0.1, 0.15) is 17.3 Å². The van der Waals surface area contributed by atoms with Crippen LogP contribution in [0, 0.1) is 11.6 Å². The molecule has 3 aromatic rings. The van der Waals surface area contributed by atoms with Gasteiger partial charge in [-0.1, -0.05) is 24.3 Å². The molecule has 1 heterocycles. The van der Waals surface area contributed by atoms with E-state index >= 15 is 0 Å². The van der Waals surface area contributed by atoms with Gasteiger partial charge in [-0.2, -0.15) is 10.1 Å². The molecule has 0 spiro atoms. The van der Waals surface area contributed by atoms with Crippen molar-refractivity contribution in [1.82, 2.24) is 15.2 Å². The van der Waals surface area contributed by atoms with Crippen LogP contribution in [0.4, 0.5) is 31.9 Å². The molecule has 1 N–H and O–H groups in total. The molecule has 1 aromatic heterocycles. The molecule has 0 bridgehead atoms. The largest absolute Gasteiger partial charge is 0.334 e. The van der Waals surface area contributed by atoms with E-state index in [0.29, 0.717) is 12.5 Å². The highest BCUT2D eigenvalue weighted by Gasteiger charge is 2.13. The van der Waals surface area contributed by atoms with Crippen LogP contribution in [-0.2, 0) is 0 Å². The molecule has 0 amide bonds. The molecule has 7 heteroatoms. The summed E-state index contributed by atoms with van der Waals surface area (Å²) >= 11 is 0. The van der Waals surface area contributed by atoms with E-state index in [-0.39, 0.29) is 11.5 Å². The molecule has 5 nitrogen and oxygen atoms in total. The fraction of sp³-hybridized carbons (Fsp3) is 0.118. The normalized spacial score (nSPS) is 10.5. The van der Waals surface area contributed by atoms with Gasteiger partial charge in [0.15, 0.2) is 5.82 Å². The van der Waals surface area contributed by atoms with Crippen molar-refractivity contribution in [3.8, 4) is 0 Å². The molecule has 0 aliphatic heterocycles. The first-order valence-corrected chi connectivity index (χ1v) is 7.42. The zero-order valence-corrected chi connectivity index (χ0v) is 12.9. The van der Waals surface area contributed by atoms with E-state index in [2.05, 4.69) is 20.5 Å². The average molecular weight is 327 g/mol. The summed E-state index contributed by atoms with van der Waals surface area (Å²) in [5.74, 6) is -0.861. The third-order valence-corrected chi connectivity index (χ3v) is 3.39. The van der Waals surface area contributed by atoms with Gasteiger partial charge in [0, 0.05) is 12.2 Å². The Labute approximate surface area is 138 Å². The summed E-state index contributed by atoms with van der Waals surface area (Å²) in [5, 5.41) is 10.5. The number of halogens is 2. The first-order chi connectivity index (χ1) is 11.7. The predicted octanol–water partition coefficient (Wildman–Crippen LogP) is 4.05. The van der Waals surface area contributed by atoms with Crippen molar-refractivity contribution in [2.75, 3.05) is 16.8 Å². The zero-order chi connectivity index (χ0) is 16.9. The maximum absolute atomic E-state index is 13.7. The molecule has 0 atom stereocenters. The monoisotopic (exact) mass is 327 g/mol. The molecule has 0 aliphatic carbocycles. The molecule has 0 saturated carbocycles. The number of hydrogen-bond donors (Lipinski definition) is 1. The Bertz CT molecular complexity index is 806. The van der Waals surface area contributed by atoms with Crippen LogP contribution in [-0.4, -0.2) is 21.7 Å². The molecular weight excluding hydrogens is 312 g/mol. The molecule has 0 fully saturated rings. The SMILES string of the molecule is CCN(c1ccccc1)c1nncc(Nc2c(F)cccc2F)n1. The van der Waals surface area contributed by atoms with Crippen LogP contribution >= 0.6 is 0 Å². The highest BCUT2D eigenvalue weighted by atomic mass is 19.1. The third-order valence-electron chi connectivity index (χ3n) is 3.39. The van der Waals surface area contributed by atoms with Crippen LogP contribution in [0.15, 0.2) is 54.7 Å². The number of nitrogens with one attached hydrogen (secondary N) is 1. The summed E-state index contributed by atoms with van der Waals surface area (Å²) in [5.41, 5.74) is 0.628. The molecule has 122 valence electrons. The predicted molar refractivity (Wildman–Crippen MR) is 88.6 cm³/mol. The Hall–Kier alpha value is -3.09. The van der Waals surface area contributed by atoms with Gasteiger partial charge in [0.05, 0.1) is 6.20 Å².